The second-order valence-electron chi connectivity index (χ2n) is 7.07. The molecule has 1 heterocycles. The first-order chi connectivity index (χ1) is 13.1. The minimum Gasteiger partial charge on any atom is -0.496 e. The molecule has 5 nitrogen and oxygen atoms in total. The molecular weight excluding hydrogens is 340 g/mol. The monoisotopic (exact) mass is 366 g/mol. The standard InChI is InChI=1S/C22H26N2O3/c1-16-7-6-12-24(15-16)22(26)18-10-5-9-17(13-18)21(25)23-14-19-8-3-4-11-20(19)27-2/h3-5,8-11,13,16H,6-7,12,14-15H2,1-2H3,(H,23,25). The van der Waals surface area contributed by atoms with Gasteiger partial charge in [-0.15, -0.1) is 0 Å². The Morgan fingerprint density at radius 1 is 1.15 bits per heavy atom. The number of piperidine rings is 1. The quantitative estimate of drug-likeness (QED) is 0.881. The molecule has 0 radical (unpaired) electrons. The lowest BCUT2D eigenvalue weighted by Gasteiger charge is -2.31. The zero-order valence-electron chi connectivity index (χ0n) is 15.9. The molecule has 3 rings (SSSR count). The van der Waals surface area contributed by atoms with Crippen LogP contribution in [0.25, 0.3) is 0 Å². The normalized spacial score (nSPS) is 16.7. The van der Waals surface area contributed by atoms with E-state index in [4.69, 9.17) is 4.74 Å². The molecule has 5 heteroatoms. The number of rotatable bonds is 5. The summed E-state index contributed by atoms with van der Waals surface area (Å²) in [6, 6.07) is 14.5. The minimum atomic E-state index is -0.206. The van der Waals surface area contributed by atoms with Crippen molar-refractivity contribution in [3.05, 3.63) is 65.2 Å². The highest BCUT2D eigenvalue weighted by molar-refractivity contribution is 5.99. The van der Waals surface area contributed by atoms with Gasteiger partial charge >= 0.3 is 0 Å². The molecule has 27 heavy (non-hydrogen) atoms. The summed E-state index contributed by atoms with van der Waals surface area (Å²) in [5.41, 5.74) is 1.96. The van der Waals surface area contributed by atoms with Crippen LogP contribution in [0.3, 0.4) is 0 Å². The summed E-state index contributed by atoms with van der Waals surface area (Å²) in [7, 11) is 1.61. The van der Waals surface area contributed by atoms with Gasteiger partial charge in [-0.05, 0) is 43.0 Å². The molecule has 142 valence electrons. The van der Waals surface area contributed by atoms with Crippen molar-refractivity contribution in [3.8, 4) is 5.75 Å². The number of carbonyl (C=O) groups excluding carboxylic acids is 2. The van der Waals surface area contributed by atoms with E-state index >= 15 is 0 Å². The number of benzene rings is 2. The van der Waals surface area contributed by atoms with Crippen LogP contribution < -0.4 is 10.1 Å². The zero-order chi connectivity index (χ0) is 19.2. The van der Waals surface area contributed by atoms with Gasteiger partial charge in [-0.3, -0.25) is 9.59 Å². The smallest absolute Gasteiger partial charge is 0.253 e. The second kappa shape index (κ2) is 8.71. The fourth-order valence-corrected chi connectivity index (χ4v) is 3.48. The molecule has 2 amide bonds. The summed E-state index contributed by atoms with van der Waals surface area (Å²) < 4.78 is 5.31. The van der Waals surface area contributed by atoms with Crippen molar-refractivity contribution in [2.24, 2.45) is 5.92 Å². The summed E-state index contributed by atoms with van der Waals surface area (Å²) in [6.45, 7) is 4.10. The van der Waals surface area contributed by atoms with E-state index in [1.807, 2.05) is 29.2 Å². The first kappa shape index (κ1) is 19.0. The van der Waals surface area contributed by atoms with Crippen molar-refractivity contribution in [1.82, 2.24) is 10.2 Å². The van der Waals surface area contributed by atoms with Gasteiger partial charge in [0.05, 0.1) is 7.11 Å². The van der Waals surface area contributed by atoms with Crippen LogP contribution in [0.15, 0.2) is 48.5 Å². The van der Waals surface area contributed by atoms with Gasteiger partial charge < -0.3 is 15.0 Å². The van der Waals surface area contributed by atoms with Crippen molar-refractivity contribution < 1.29 is 14.3 Å². The maximum atomic E-state index is 12.8. The number of likely N-dealkylation sites (tertiary alicyclic amines) is 1. The van der Waals surface area contributed by atoms with Crippen molar-refractivity contribution in [2.75, 3.05) is 20.2 Å². The van der Waals surface area contributed by atoms with Gasteiger partial charge in [0.2, 0.25) is 0 Å². The van der Waals surface area contributed by atoms with Gasteiger partial charge in [0.1, 0.15) is 5.75 Å². The van der Waals surface area contributed by atoms with Gasteiger partial charge in [-0.1, -0.05) is 31.2 Å². The molecule has 1 N–H and O–H groups in total. The largest absolute Gasteiger partial charge is 0.496 e. The summed E-state index contributed by atoms with van der Waals surface area (Å²) in [6.07, 6.45) is 2.20. The fraction of sp³-hybridized carbons (Fsp3) is 0.364. The Balaban J connectivity index is 1.67. The van der Waals surface area contributed by atoms with Gasteiger partial charge in [-0.2, -0.15) is 0 Å². The van der Waals surface area contributed by atoms with Crippen LogP contribution in [0.5, 0.6) is 5.75 Å². The van der Waals surface area contributed by atoms with Crippen LogP contribution in [0.4, 0.5) is 0 Å². The van der Waals surface area contributed by atoms with Crippen molar-refractivity contribution in [3.63, 3.8) is 0 Å². The van der Waals surface area contributed by atoms with Crippen LogP contribution in [0, 0.1) is 5.92 Å². The predicted molar refractivity (Wildman–Crippen MR) is 105 cm³/mol. The average Bonchev–Trinajstić information content (AvgIpc) is 2.71. The van der Waals surface area contributed by atoms with Gasteiger partial charge in [-0.25, -0.2) is 0 Å². The molecule has 0 aliphatic carbocycles. The van der Waals surface area contributed by atoms with E-state index < -0.39 is 0 Å². The van der Waals surface area contributed by atoms with E-state index in [-0.39, 0.29) is 11.8 Å². The SMILES string of the molecule is COc1ccccc1CNC(=O)c1cccc(C(=O)N2CCCC(C)C2)c1. The van der Waals surface area contributed by atoms with E-state index in [2.05, 4.69) is 12.2 Å². The third-order valence-electron chi connectivity index (χ3n) is 4.95. The Bertz CT molecular complexity index is 819. The number of para-hydroxylation sites is 1. The predicted octanol–water partition coefficient (Wildman–Crippen LogP) is 3.50. The Morgan fingerprint density at radius 3 is 2.70 bits per heavy atom. The van der Waals surface area contributed by atoms with Crippen molar-refractivity contribution in [2.45, 2.75) is 26.3 Å². The summed E-state index contributed by atoms with van der Waals surface area (Å²) in [5, 5.41) is 2.90. The number of nitrogens with zero attached hydrogens (tertiary/aromatic N) is 1. The van der Waals surface area contributed by atoms with Crippen molar-refractivity contribution >= 4 is 11.8 Å². The lowest BCUT2D eigenvalue weighted by atomic mass is 9.99. The summed E-state index contributed by atoms with van der Waals surface area (Å²) >= 11 is 0. The highest BCUT2D eigenvalue weighted by Crippen LogP contribution is 2.19. The molecule has 1 aliphatic rings. The third kappa shape index (κ3) is 4.67. The Labute approximate surface area is 160 Å². The molecular formula is C22H26N2O3. The van der Waals surface area contributed by atoms with Gasteiger partial charge in [0, 0.05) is 36.3 Å². The number of hydrogen-bond acceptors (Lipinski definition) is 3. The zero-order valence-corrected chi connectivity index (χ0v) is 15.9. The molecule has 2 aromatic carbocycles. The van der Waals surface area contributed by atoms with Crippen LogP contribution in [0.1, 0.15) is 46.0 Å². The van der Waals surface area contributed by atoms with Crippen LogP contribution >= 0.6 is 0 Å². The maximum absolute atomic E-state index is 12.8. The third-order valence-corrected chi connectivity index (χ3v) is 4.95. The van der Waals surface area contributed by atoms with Crippen molar-refractivity contribution in [1.29, 1.82) is 0 Å². The van der Waals surface area contributed by atoms with E-state index in [1.54, 1.807) is 31.4 Å². The van der Waals surface area contributed by atoms with E-state index in [0.29, 0.717) is 23.6 Å². The topological polar surface area (TPSA) is 58.6 Å². The maximum Gasteiger partial charge on any atom is 0.253 e. The molecule has 0 spiro atoms. The first-order valence-corrected chi connectivity index (χ1v) is 9.38. The molecule has 0 aromatic heterocycles. The number of ether oxygens (including phenoxy) is 1. The van der Waals surface area contributed by atoms with Crippen LogP contribution in [-0.4, -0.2) is 36.9 Å². The fourth-order valence-electron chi connectivity index (χ4n) is 3.48. The van der Waals surface area contributed by atoms with Crippen LogP contribution in [-0.2, 0) is 6.54 Å². The second-order valence-corrected chi connectivity index (χ2v) is 7.07. The minimum absolute atomic E-state index is 0.000860. The van der Waals surface area contributed by atoms with E-state index in [9.17, 15) is 9.59 Å². The average molecular weight is 366 g/mol. The molecule has 1 fully saturated rings. The van der Waals surface area contributed by atoms with Gasteiger partial charge in [0.25, 0.3) is 11.8 Å². The number of hydrogen-bond donors (Lipinski definition) is 1. The molecule has 1 atom stereocenters. The molecule has 1 aliphatic heterocycles. The summed E-state index contributed by atoms with van der Waals surface area (Å²) in [5.74, 6) is 1.06. The Kier molecular flexibility index (Phi) is 6.12. The highest BCUT2D eigenvalue weighted by Gasteiger charge is 2.22. The number of nitrogens with one attached hydrogen (secondary N) is 1. The molecule has 2 aromatic rings. The molecule has 1 unspecified atom stereocenters. The lowest BCUT2D eigenvalue weighted by Crippen LogP contribution is -2.39. The Morgan fingerprint density at radius 2 is 1.93 bits per heavy atom. The molecule has 1 saturated heterocycles. The first-order valence-electron chi connectivity index (χ1n) is 9.38. The number of amides is 2. The number of methoxy groups -OCH3 is 1. The van der Waals surface area contributed by atoms with E-state index in [1.165, 1.54) is 0 Å². The molecule has 0 saturated carbocycles. The van der Waals surface area contributed by atoms with Gasteiger partial charge in [0.15, 0.2) is 0 Å². The lowest BCUT2D eigenvalue weighted by molar-refractivity contribution is 0.0683. The Hall–Kier alpha value is -2.82. The summed E-state index contributed by atoms with van der Waals surface area (Å²) in [4.78, 5) is 27.2. The van der Waals surface area contributed by atoms with E-state index in [0.717, 1.165) is 37.2 Å². The molecule has 0 bridgehead atoms. The number of carbonyl (C=O) groups is 2. The van der Waals surface area contributed by atoms with Crippen LogP contribution in [0.2, 0.25) is 0 Å². The highest BCUT2D eigenvalue weighted by atomic mass is 16.5.